The molecule has 2 aromatic rings. The van der Waals surface area contributed by atoms with Crippen LogP contribution < -0.4 is 10.6 Å². The van der Waals surface area contributed by atoms with E-state index in [1.165, 1.54) is 4.31 Å². The number of anilines is 1. The van der Waals surface area contributed by atoms with E-state index in [-0.39, 0.29) is 11.7 Å². The molecule has 2 aromatic carbocycles. The molecule has 2 aliphatic rings. The number of rotatable bonds is 3. The van der Waals surface area contributed by atoms with Gasteiger partial charge in [0.2, 0.25) is 10.0 Å². The zero-order valence-corrected chi connectivity index (χ0v) is 15.1. The second-order valence-electron chi connectivity index (χ2n) is 6.85. The van der Waals surface area contributed by atoms with E-state index in [0.29, 0.717) is 31.5 Å². The Hall–Kier alpha value is -2.38. The number of fused-ring (bicyclic) bond motifs is 1. The molecule has 0 aliphatic carbocycles. The van der Waals surface area contributed by atoms with Gasteiger partial charge in [-0.25, -0.2) is 12.7 Å². The molecule has 1 amide bonds. The molecule has 1 fully saturated rings. The van der Waals surface area contributed by atoms with E-state index in [9.17, 15) is 13.2 Å². The molecule has 26 heavy (non-hydrogen) atoms. The van der Waals surface area contributed by atoms with Gasteiger partial charge in [-0.15, -0.1) is 0 Å². The quantitative estimate of drug-likeness (QED) is 0.867. The van der Waals surface area contributed by atoms with Gasteiger partial charge < -0.3 is 10.6 Å². The molecule has 2 aliphatic heterocycles. The SMILES string of the molecule is O=C1NC2(CCN(S(=O)(=O)Cc3ccccc3)CC2)Nc2ccccc21. The maximum absolute atomic E-state index is 12.7. The number of carbonyl (C=O) groups is 1. The molecule has 0 atom stereocenters. The maximum atomic E-state index is 12.7. The molecule has 7 heteroatoms. The lowest BCUT2D eigenvalue weighted by molar-refractivity contribution is 0.0865. The fourth-order valence-electron chi connectivity index (χ4n) is 3.64. The Morgan fingerprint density at radius 3 is 2.31 bits per heavy atom. The zero-order valence-electron chi connectivity index (χ0n) is 14.3. The van der Waals surface area contributed by atoms with Gasteiger partial charge in [0.15, 0.2) is 0 Å². The average Bonchev–Trinajstić information content (AvgIpc) is 2.62. The van der Waals surface area contributed by atoms with Gasteiger partial charge in [-0.3, -0.25) is 4.79 Å². The number of sulfonamides is 1. The fourth-order valence-corrected chi connectivity index (χ4v) is 5.17. The van der Waals surface area contributed by atoms with Gasteiger partial charge in [0.1, 0.15) is 5.66 Å². The van der Waals surface area contributed by atoms with Crippen molar-refractivity contribution in [3.05, 3.63) is 65.7 Å². The van der Waals surface area contributed by atoms with Gasteiger partial charge in [-0.1, -0.05) is 42.5 Å². The van der Waals surface area contributed by atoms with E-state index in [2.05, 4.69) is 10.6 Å². The summed E-state index contributed by atoms with van der Waals surface area (Å²) >= 11 is 0. The third-order valence-corrected chi connectivity index (χ3v) is 6.91. The molecule has 0 radical (unpaired) electrons. The topological polar surface area (TPSA) is 78.5 Å². The monoisotopic (exact) mass is 371 g/mol. The second kappa shape index (κ2) is 6.41. The number of hydrogen-bond donors (Lipinski definition) is 2. The van der Waals surface area contributed by atoms with E-state index in [1.54, 1.807) is 6.07 Å². The van der Waals surface area contributed by atoms with Crippen LogP contribution in [0.2, 0.25) is 0 Å². The lowest BCUT2D eigenvalue weighted by Gasteiger charge is -2.45. The summed E-state index contributed by atoms with van der Waals surface area (Å²) in [4.78, 5) is 12.4. The Bertz CT molecular complexity index is 920. The van der Waals surface area contributed by atoms with Gasteiger partial charge >= 0.3 is 0 Å². The van der Waals surface area contributed by atoms with Crippen LogP contribution in [-0.2, 0) is 15.8 Å². The third-order valence-electron chi connectivity index (χ3n) is 5.06. The van der Waals surface area contributed by atoms with Crippen LogP contribution in [0.3, 0.4) is 0 Å². The zero-order chi connectivity index (χ0) is 18.2. The summed E-state index contributed by atoms with van der Waals surface area (Å²) in [6, 6.07) is 16.6. The summed E-state index contributed by atoms with van der Waals surface area (Å²) in [6.07, 6.45) is 1.06. The minimum Gasteiger partial charge on any atom is -0.362 e. The number of piperidine rings is 1. The standard InChI is InChI=1S/C19H21N3O3S/c23-18-16-8-4-5-9-17(16)20-19(21-18)10-12-22(13-11-19)26(24,25)14-15-6-2-1-3-7-15/h1-9,20H,10-14H2,(H,21,23). The van der Waals surface area contributed by atoms with Crippen LogP contribution in [0, 0.1) is 0 Å². The van der Waals surface area contributed by atoms with Crippen molar-refractivity contribution in [3.8, 4) is 0 Å². The smallest absolute Gasteiger partial charge is 0.255 e. The maximum Gasteiger partial charge on any atom is 0.255 e. The minimum absolute atomic E-state index is 0.00343. The molecule has 0 aromatic heterocycles. The summed E-state index contributed by atoms with van der Waals surface area (Å²) in [7, 11) is -3.37. The third kappa shape index (κ3) is 3.20. The number of carbonyl (C=O) groups excluding carboxylic acids is 1. The highest BCUT2D eigenvalue weighted by molar-refractivity contribution is 7.88. The number of benzene rings is 2. The van der Waals surface area contributed by atoms with Gasteiger partial charge in [-0.05, 0) is 17.7 Å². The van der Waals surface area contributed by atoms with Crippen molar-refractivity contribution >= 4 is 21.6 Å². The van der Waals surface area contributed by atoms with Crippen molar-refractivity contribution in [2.24, 2.45) is 0 Å². The molecule has 0 unspecified atom stereocenters. The van der Waals surface area contributed by atoms with Crippen molar-refractivity contribution in [2.45, 2.75) is 24.3 Å². The number of amides is 1. The van der Waals surface area contributed by atoms with Crippen LogP contribution >= 0.6 is 0 Å². The lowest BCUT2D eigenvalue weighted by atomic mass is 9.93. The highest BCUT2D eigenvalue weighted by Crippen LogP contribution is 2.32. The molecule has 6 nitrogen and oxygen atoms in total. The summed E-state index contributed by atoms with van der Waals surface area (Å²) in [5.41, 5.74) is 1.63. The molecule has 0 saturated carbocycles. The van der Waals surface area contributed by atoms with Crippen LogP contribution in [0.5, 0.6) is 0 Å². The highest BCUT2D eigenvalue weighted by atomic mass is 32.2. The number of nitrogens with zero attached hydrogens (tertiary/aromatic N) is 1. The number of para-hydroxylation sites is 1. The number of hydrogen-bond acceptors (Lipinski definition) is 4. The fraction of sp³-hybridized carbons (Fsp3) is 0.316. The second-order valence-corrected chi connectivity index (χ2v) is 8.82. The minimum atomic E-state index is -3.37. The van der Waals surface area contributed by atoms with Crippen molar-refractivity contribution in [1.29, 1.82) is 0 Å². The Labute approximate surface area is 153 Å². The van der Waals surface area contributed by atoms with E-state index < -0.39 is 15.7 Å². The molecule has 0 bridgehead atoms. The van der Waals surface area contributed by atoms with Crippen molar-refractivity contribution in [1.82, 2.24) is 9.62 Å². The predicted molar refractivity (Wildman–Crippen MR) is 100 cm³/mol. The van der Waals surface area contributed by atoms with Crippen LogP contribution in [-0.4, -0.2) is 37.4 Å². The summed E-state index contributed by atoms with van der Waals surface area (Å²) in [5, 5.41) is 6.45. The van der Waals surface area contributed by atoms with Gasteiger partial charge in [0.05, 0.1) is 11.3 Å². The van der Waals surface area contributed by atoms with E-state index in [0.717, 1.165) is 11.3 Å². The predicted octanol–water partition coefficient (Wildman–Crippen LogP) is 2.16. The normalized spacial score (nSPS) is 19.5. The first-order valence-corrected chi connectivity index (χ1v) is 10.3. The molecule has 2 N–H and O–H groups in total. The van der Waals surface area contributed by atoms with E-state index >= 15 is 0 Å². The van der Waals surface area contributed by atoms with Crippen molar-refractivity contribution in [2.75, 3.05) is 18.4 Å². The first kappa shape index (κ1) is 17.1. The number of nitrogens with one attached hydrogen (secondary N) is 2. The van der Waals surface area contributed by atoms with E-state index in [1.807, 2.05) is 48.5 Å². The average molecular weight is 371 g/mol. The van der Waals surface area contributed by atoms with Gasteiger partial charge in [0.25, 0.3) is 5.91 Å². The highest BCUT2D eigenvalue weighted by Gasteiger charge is 2.42. The molecular formula is C19H21N3O3S. The molecular weight excluding hydrogens is 350 g/mol. The Morgan fingerprint density at radius 2 is 1.58 bits per heavy atom. The molecule has 136 valence electrons. The van der Waals surface area contributed by atoms with Crippen LogP contribution in [0.4, 0.5) is 5.69 Å². The molecule has 2 heterocycles. The van der Waals surface area contributed by atoms with Crippen LogP contribution in [0.25, 0.3) is 0 Å². The summed E-state index contributed by atoms with van der Waals surface area (Å²) in [5.74, 6) is -0.108. The largest absolute Gasteiger partial charge is 0.362 e. The van der Waals surface area contributed by atoms with Gasteiger partial charge in [-0.2, -0.15) is 0 Å². The first-order valence-electron chi connectivity index (χ1n) is 8.69. The molecule has 1 spiro atoms. The Kier molecular flexibility index (Phi) is 4.20. The van der Waals surface area contributed by atoms with Gasteiger partial charge in [0, 0.05) is 31.6 Å². The van der Waals surface area contributed by atoms with Crippen molar-refractivity contribution in [3.63, 3.8) is 0 Å². The molecule has 4 rings (SSSR count). The van der Waals surface area contributed by atoms with Crippen LogP contribution in [0.1, 0.15) is 28.8 Å². The molecule has 1 saturated heterocycles. The summed E-state index contributed by atoms with van der Waals surface area (Å²) < 4.78 is 26.9. The summed E-state index contributed by atoms with van der Waals surface area (Å²) in [6.45, 7) is 0.759. The van der Waals surface area contributed by atoms with Crippen molar-refractivity contribution < 1.29 is 13.2 Å². The Balaban J connectivity index is 1.47. The Morgan fingerprint density at radius 1 is 0.923 bits per heavy atom. The van der Waals surface area contributed by atoms with E-state index in [4.69, 9.17) is 0 Å². The lowest BCUT2D eigenvalue weighted by Crippen LogP contribution is -2.62. The van der Waals surface area contributed by atoms with Crippen LogP contribution in [0.15, 0.2) is 54.6 Å². The first-order chi connectivity index (χ1) is 12.5.